The molecule has 1 saturated heterocycles. The van der Waals surface area contributed by atoms with Gasteiger partial charge in [0.2, 0.25) is 0 Å². The summed E-state index contributed by atoms with van der Waals surface area (Å²) >= 11 is 0. The molecule has 2 saturated carbocycles. The van der Waals surface area contributed by atoms with Crippen LogP contribution < -0.4 is 5.32 Å². The summed E-state index contributed by atoms with van der Waals surface area (Å²) in [5.41, 5.74) is 0.395. The number of aliphatic hydroxyl groups is 1. The molecule has 3 nitrogen and oxygen atoms in total. The van der Waals surface area contributed by atoms with Gasteiger partial charge in [-0.25, -0.2) is 0 Å². The second-order valence-corrected chi connectivity index (χ2v) is 7.58. The quantitative estimate of drug-likeness (QED) is 0.770. The van der Waals surface area contributed by atoms with E-state index in [0.29, 0.717) is 11.3 Å². The van der Waals surface area contributed by atoms with Crippen LogP contribution in [-0.4, -0.2) is 48.3 Å². The van der Waals surface area contributed by atoms with Crippen LogP contribution in [0.15, 0.2) is 0 Å². The lowest BCUT2D eigenvalue weighted by Gasteiger charge is -2.34. The SMILES string of the molecule is CCC(C)(CNC1CC1)CN1CC2CCC(O)C2C1. The first kappa shape index (κ1) is 13.8. The molecule has 1 heterocycles. The largest absolute Gasteiger partial charge is 0.393 e. The van der Waals surface area contributed by atoms with Gasteiger partial charge in [0.15, 0.2) is 0 Å². The van der Waals surface area contributed by atoms with Crippen LogP contribution >= 0.6 is 0 Å². The highest BCUT2D eigenvalue weighted by atomic mass is 16.3. The Balaban J connectivity index is 1.51. The maximum absolute atomic E-state index is 10.0. The van der Waals surface area contributed by atoms with Crippen molar-refractivity contribution in [1.82, 2.24) is 10.2 Å². The van der Waals surface area contributed by atoms with Crippen LogP contribution in [0, 0.1) is 17.3 Å². The lowest BCUT2D eigenvalue weighted by molar-refractivity contribution is 0.114. The molecule has 0 aromatic carbocycles. The number of fused-ring (bicyclic) bond motifs is 1. The summed E-state index contributed by atoms with van der Waals surface area (Å²) in [5, 5.41) is 13.7. The topological polar surface area (TPSA) is 35.5 Å². The normalized spacial score (nSPS) is 38.4. The molecule has 2 aliphatic carbocycles. The van der Waals surface area contributed by atoms with Gasteiger partial charge in [-0.05, 0) is 43.4 Å². The average Bonchev–Trinajstić information content (AvgIpc) is 3.06. The van der Waals surface area contributed by atoms with Crippen molar-refractivity contribution in [3.63, 3.8) is 0 Å². The standard InChI is InChI=1S/C16H30N2O/c1-3-16(2,10-17-13-5-6-13)11-18-8-12-4-7-15(19)14(12)9-18/h12-15,17,19H,3-11H2,1-2H3. The van der Waals surface area contributed by atoms with Crippen molar-refractivity contribution in [3.8, 4) is 0 Å². The number of nitrogens with one attached hydrogen (secondary N) is 1. The van der Waals surface area contributed by atoms with Crippen LogP contribution in [-0.2, 0) is 0 Å². The molecule has 0 bridgehead atoms. The second kappa shape index (κ2) is 5.34. The van der Waals surface area contributed by atoms with E-state index in [2.05, 4.69) is 24.1 Å². The Kier molecular flexibility index (Phi) is 3.89. The summed E-state index contributed by atoms with van der Waals surface area (Å²) in [7, 11) is 0. The first-order chi connectivity index (χ1) is 9.09. The van der Waals surface area contributed by atoms with Gasteiger partial charge in [-0.2, -0.15) is 0 Å². The van der Waals surface area contributed by atoms with E-state index in [-0.39, 0.29) is 6.10 Å². The fraction of sp³-hybridized carbons (Fsp3) is 1.00. The zero-order valence-corrected chi connectivity index (χ0v) is 12.6. The number of hydrogen-bond donors (Lipinski definition) is 2. The van der Waals surface area contributed by atoms with Crippen molar-refractivity contribution in [2.24, 2.45) is 17.3 Å². The lowest BCUT2D eigenvalue weighted by atomic mass is 9.86. The fourth-order valence-corrected chi connectivity index (χ4v) is 3.97. The van der Waals surface area contributed by atoms with Gasteiger partial charge in [-0.1, -0.05) is 13.8 Å². The Morgan fingerprint density at radius 3 is 2.63 bits per heavy atom. The van der Waals surface area contributed by atoms with E-state index in [1.165, 1.54) is 38.8 Å². The Hall–Kier alpha value is -0.120. The molecule has 19 heavy (non-hydrogen) atoms. The minimum absolute atomic E-state index is 0.0209. The molecule has 0 amide bonds. The highest BCUT2D eigenvalue weighted by Crippen LogP contribution is 2.39. The third-order valence-electron chi connectivity index (χ3n) is 5.75. The second-order valence-electron chi connectivity index (χ2n) is 7.58. The van der Waals surface area contributed by atoms with Crippen molar-refractivity contribution in [3.05, 3.63) is 0 Å². The molecule has 0 aromatic heterocycles. The van der Waals surface area contributed by atoms with E-state index in [9.17, 15) is 5.11 Å². The third kappa shape index (κ3) is 3.14. The molecule has 4 atom stereocenters. The first-order valence-electron chi connectivity index (χ1n) is 8.23. The van der Waals surface area contributed by atoms with E-state index >= 15 is 0 Å². The van der Waals surface area contributed by atoms with E-state index in [4.69, 9.17) is 0 Å². The summed E-state index contributed by atoms with van der Waals surface area (Å²) in [6, 6.07) is 0.811. The third-order valence-corrected chi connectivity index (χ3v) is 5.75. The van der Waals surface area contributed by atoms with Crippen LogP contribution in [0.3, 0.4) is 0 Å². The zero-order valence-electron chi connectivity index (χ0n) is 12.6. The average molecular weight is 266 g/mol. The highest BCUT2D eigenvalue weighted by molar-refractivity contribution is 4.95. The molecule has 3 rings (SSSR count). The molecule has 0 radical (unpaired) electrons. The van der Waals surface area contributed by atoms with Crippen LogP contribution in [0.4, 0.5) is 0 Å². The molecule has 110 valence electrons. The van der Waals surface area contributed by atoms with Gasteiger partial charge < -0.3 is 15.3 Å². The highest BCUT2D eigenvalue weighted by Gasteiger charge is 2.43. The first-order valence-corrected chi connectivity index (χ1v) is 8.23. The van der Waals surface area contributed by atoms with Crippen molar-refractivity contribution in [2.45, 2.75) is 58.1 Å². The number of hydrogen-bond acceptors (Lipinski definition) is 3. The van der Waals surface area contributed by atoms with E-state index in [1.54, 1.807) is 0 Å². The molecular weight excluding hydrogens is 236 g/mol. The van der Waals surface area contributed by atoms with Crippen LogP contribution in [0.1, 0.15) is 46.0 Å². The van der Waals surface area contributed by atoms with E-state index in [1.807, 2.05) is 0 Å². The van der Waals surface area contributed by atoms with Crippen LogP contribution in [0.2, 0.25) is 0 Å². The molecule has 2 N–H and O–H groups in total. The Bertz CT molecular complexity index is 318. The number of aliphatic hydroxyl groups excluding tert-OH is 1. The van der Waals surface area contributed by atoms with E-state index < -0.39 is 0 Å². The minimum Gasteiger partial charge on any atom is -0.393 e. The summed E-state index contributed by atoms with van der Waals surface area (Å²) < 4.78 is 0. The molecule has 0 spiro atoms. The Morgan fingerprint density at radius 2 is 2.00 bits per heavy atom. The molecular formula is C16H30N2O. The van der Waals surface area contributed by atoms with Crippen molar-refractivity contribution in [1.29, 1.82) is 0 Å². The summed E-state index contributed by atoms with van der Waals surface area (Å²) in [5.74, 6) is 1.34. The molecule has 0 aromatic rings. The lowest BCUT2D eigenvalue weighted by Crippen LogP contribution is -2.42. The van der Waals surface area contributed by atoms with Gasteiger partial charge in [-0.3, -0.25) is 0 Å². The van der Waals surface area contributed by atoms with Gasteiger partial charge in [0.1, 0.15) is 0 Å². The molecule has 4 unspecified atom stereocenters. The van der Waals surface area contributed by atoms with Crippen LogP contribution in [0.25, 0.3) is 0 Å². The number of nitrogens with zero attached hydrogens (tertiary/aromatic N) is 1. The smallest absolute Gasteiger partial charge is 0.0583 e. The maximum atomic E-state index is 10.0. The Labute approximate surface area is 117 Å². The van der Waals surface area contributed by atoms with Crippen molar-refractivity contribution >= 4 is 0 Å². The van der Waals surface area contributed by atoms with Gasteiger partial charge in [0.05, 0.1) is 6.10 Å². The minimum atomic E-state index is -0.0209. The van der Waals surface area contributed by atoms with Gasteiger partial charge in [0.25, 0.3) is 0 Å². The summed E-state index contributed by atoms with van der Waals surface area (Å²) in [4.78, 5) is 2.62. The van der Waals surface area contributed by atoms with Gasteiger partial charge >= 0.3 is 0 Å². The molecule has 3 heteroatoms. The van der Waals surface area contributed by atoms with Gasteiger partial charge in [0, 0.05) is 38.1 Å². The summed E-state index contributed by atoms with van der Waals surface area (Å²) in [6.45, 7) is 9.45. The predicted molar refractivity (Wildman–Crippen MR) is 78.1 cm³/mol. The van der Waals surface area contributed by atoms with Crippen LogP contribution in [0.5, 0.6) is 0 Å². The van der Waals surface area contributed by atoms with E-state index in [0.717, 1.165) is 31.5 Å². The number of likely N-dealkylation sites (tertiary alicyclic amines) is 1. The number of rotatable bonds is 6. The Morgan fingerprint density at radius 1 is 1.21 bits per heavy atom. The van der Waals surface area contributed by atoms with Gasteiger partial charge in [-0.15, -0.1) is 0 Å². The predicted octanol–water partition coefficient (Wildman–Crippen LogP) is 1.86. The zero-order chi connectivity index (χ0) is 13.5. The fourth-order valence-electron chi connectivity index (χ4n) is 3.97. The van der Waals surface area contributed by atoms with Crippen molar-refractivity contribution in [2.75, 3.05) is 26.2 Å². The molecule has 3 fully saturated rings. The monoisotopic (exact) mass is 266 g/mol. The molecule has 3 aliphatic rings. The molecule has 1 aliphatic heterocycles. The summed E-state index contributed by atoms with van der Waals surface area (Å²) in [6.07, 6.45) is 6.25. The van der Waals surface area contributed by atoms with Crippen molar-refractivity contribution < 1.29 is 5.11 Å². The maximum Gasteiger partial charge on any atom is 0.0583 e.